The minimum absolute atomic E-state index is 0.0882. The van der Waals surface area contributed by atoms with E-state index in [0.29, 0.717) is 55.9 Å². The molecule has 1 unspecified atom stereocenters. The number of benzene rings is 1. The average molecular weight is 491 g/mol. The van der Waals surface area contributed by atoms with Gasteiger partial charge in [0.25, 0.3) is 0 Å². The lowest BCUT2D eigenvalue weighted by Crippen LogP contribution is -2.47. The quantitative estimate of drug-likeness (QED) is 0.592. The van der Waals surface area contributed by atoms with E-state index in [1.807, 2.05) is 19.2 Å². The fourth-order valence-electron chi connectivity index (χ4n) is 4.97. The Morgan fingerprint density at radius 1 is 1.27 bits per heavy atom. The Balaban J connectivity index is 1.66. The van der Waals surface area contributed by atoms with Crippen LogP contribution in [0.15, 0.2) is 18.2 Å². The molecule has 2 fully saturated rings. The number of alkyl halides is 3. The number of carbonyl (C=O) groups is 2. The lowest BCUT2D eigenvalue weighted by atomic mass is 9.76. The predicted octanol–water partition coefficient (Wildman–Crippen LogP) is 5.22. The van der Waals surface area contributed by atoms with Crippen molar-refractivity contribution in [2.75, 3.05) is 20.1 Å². The second kappa shape index (κ2) is 10.1. The first-order chi connectivity index (χ1) is 15.5. The Bertz CT molecular complexity index is 866. The Labute approximate surface area is 196 Å². The number of carboxylic acid groups (broad SMARTS) is 1. The Hall–Kier alpha value is -2.00. The number of likely N-dealkylation sites (tertiary alicyclic amines) is 1. The standard InChI is InChI=1S/C23H30ClF3N2O4/c1-15(23(25,26)27)33-21(32)29-12-8-17(9-13-29)28(2)14-16-6-5-7-18(24)19(16)22(20(30)31)10-3-4-11-22/h5-7,15,17H,3-4,8-14H2,1-2H3,(H,30,31). The lowest BCUT2D eigenvalue weighted by molar-refractivity contribution is -0.199. The van der Waals surface area contributed by atoms with E-state index >= 15 is 0 Å². The molecule has 184 valence electrons. The predicted molar refractivity (Wildman–Crippen MR) is 117 cm³/mol. The highest BCUT2D eigenvalue weighted by molar-refractivity contribution is 6.31. The maximum Gasteiger partial charge on any atom is 0.425 e. The van der Waals surface area contributed by atoms with Gasteiger partial charge in [-0.15, -0.1) is 0 Å². The van der Waals surface area contributed by atoms with E-state index in [-0.39, 0.29) is 6.04 Å². The molecule has 0 spiro atoms. The van der Waals surface area contributed by atoms with Gasteiger partial charge in [0.2, 0.25) is 0 Å². The number of ether oxygens (including phenoxy) is 1. The summed E-state index contributed by atoms with van der Waals surface area (Å²) in [5.74, 6) is -0.850. The first-order valence-electron chi connectivity index (χ1n) is 11.2. The van der Waals surface area contributed by atoms with Crippen LogP contribution < -0.4 is 0 Å². The number of nitrogens with zero attached hydrogens (tertiary/aromatic N) is 2. The molecule has 0 radical (unpaired) electrons. The first-order valence-corrected chi connectivity index (χ1v) is 11.6. The number of piperidine rings is 1. The second-order valence-corrected chi connectivity index (χ2v) is 9.48. The molecule has 10 heteroatoms. The van der Waals surface area contributed by atoms with Crippen LogP contribution in [0.4, 0.5) is 18.0 Å². The van der Waals surface area contributed by atoms with Crippen LogP contribution in [0.2, 0.25) is 5.02 Å². The molecule has 1 aromatic carbocycles. The van der Waals surface area contributed by atoms with Gasteiger partial charge < -0.3 is 14.7 Å². The molecule has 1 saturated carbocycles. The SMILES string of the molecule is CC(OC(=O)N1CCC(N(C)Cc2cccc(Cl)c2C2(C(=O)O)CCCC2)CC1)C(F)(F)F. The highest BCUT2D eigenvalue weighted by Gasteiger charge is 2.46. The van der Waals surface area contributed by atoms with E-state index in [9.17, 15) is 27.9 Å². The maximum atomic E-state index is 12.7. The average Bonchev–Trinajstić information content (AvgIpc) is 3.24. The number of halogens is 4. The van der Waals surface area contributed by atoms with Gasteiger partial charge in [-0.1, -0.05) is 36.6 Å². The molecule has 33 heavy (non-hydrogen) atoms. The largest absolute Gasteiger partial charge is 0.481 e. The molecule has 1 aliphatic carbocycles. The van der Waals surface area contributed by atoms with E-state index in [1.54, 1.807) is 6.07 Å². The van der Waals surface area contributed by atoms with Crippen LogP contribution in [-0.4, -0.2) is 65.4 Å². The van der Waals surface area contributed by atoms with E-state index in [1.165, 1.54) is 4.90 Å². The highest BCUT2D eigenvalue weighted by Crippen LogP contribution is 2.46. The van der Waals surface area contributed by atoms with Crippen LogP contribution in [-0.2, 0) is 21.5 Å². The molecule has 1 aromatic rings. The minimum Gasteiger partial charge on any atom is -0.481 e. The smallest absolute Gasteiger partial charge is 0.425 e. The van der Waals surface area contributed by atoms with Crippen LogP contribution in [0.1, 0.15) is 56.6 Å². The summed E-state index contributed by atoms with van der Waals surface area (Å²) in [6.45, 7) is 1.89. The minimum atomic E-state index is -4.59. The van der Waals surface area contributed by atoms with Gasteiger partial charge in [0.15, 0.2) is 6.10 Å². The summed E-state index contributed by atoms with van der Waals surface area (Å²) in [7, 11) is 1.93. The van der Waals surface area contributed by atoms with Crippen molar-refractivity contribution in [3.05, 3.63) is 34.3 Å². The van der Waals surface area contributed by atoms with Crippen molar-refractivity contribution in [2.24, 2.45) is 0 Å². The van der Waals surface area contributed by atoms with Gasteiger partial charge in [-0.05, 0) is 56.8 Å². The zero-order valence-corrected chi connectivity index (χ0v) is 19.6. The number of carbonyl (C=O) groups excluding carboxylic acids is 1. The molecule has 1 heterocycles. The second-order valence-electron chi connectivity index (χ2n) is 9.07. The molecule has 0 aromatic heterocycles. The van der Waals surface area contributed by atoms with Crippen LogP contribution in [0, 0.1) is 0 Å². The molecule has 1 atom stereocenters. The molecule has 1 saturated heterocycles. The number of rotatable bonds is 6. The summed E-state index contributed by atoms with van der Waals surface area (Å²) in [6, 6.07) is 5.55. The van der Waals surface area contributed by atoms with Gasteiger partial charge in [0.05, 0.1) is 5.41 Å². The molecule has 6 nitrogen and oxygen atoms in total. The van der Waals surface area contributed by atoms with Crippen molar-refractivity contribution >= 4 is 23.7 Å². The molecule has 1 N–H and O–H groups in total. The summed E-state index contributed by atoms with van der Waals surface area (Å²) in [6.07, 6.45) is -3.75. The topological polar surface area (TPSA) is 70.1 Å². The zero-order valence-electron chi connectivity index (χ0n) is 18.8. The van der Waals surface area contributed by atoms with Gasteiger partial charge >= 0.3 is 18.2 Å². The number of hydrogen-bond donors (Lipinski definition) is 1. The van der Waals surface area contributed by atoms with Crippen molar-refractivity contribution < 1.29 is 32.6 Å². The fraction of sp³-hybridized carbons (Fsp3) is 0.652. The normalized spacial score (nSPS) is 20.2. The van der Waals surface area contributed by atoms with Gasteiger partial charge in [-0.2, -0.15) is 13.2 Å². The van der Waals surface area contributed by atoms with Crippen molar-refractivity contribution in [1.29, 1.82) is 0 Å². The van der Waals surface area contributed by atoms with Crippen molar-refractivity contribution in [3.63, 3.8) is 0 Å². The number of hydrogen-bond acceptors (Lipinski definition) is 4. The number of amides is 1. The van der Waals surface area contributed by atoms with Gasteiger partial charge in [-0.25, -0.2) is 4.79 Å². The van der Waals surface area contributed by atoms with E-state index < -0.39 is 29.8 Å². The van der Waals surface area contributed by atoms with E-state index in [2.05, 4.69) is 9.64 Å². The Morgan fingerprint density at radius 2 is 1.88 bits per heavy atom. The van der Waals surface area contributed by atoms with Crippen molar-refractivity contribution in [3.8, 4) is 0 Å². The summed E-state index contributed by atoms with van der Waals surface area (Å²) in [5.41, 5.74) is 0.581. The molecule has 1 amide bonds. The van der Waals surface area contributed by atoms with Crippen molar-refractivity contribution in [2.45, 2.75) is 75.7 Å². The summed E-state index contributed by atoms with van der Waals surface area (Å²) < 4.78 is 42.5. The molecular formula is C23H30ClF3N2O4. The Morgan fingerprint density at radius 3 is 2.42 bits per heavy atom. The highest BCUT2D eigenvalue weighted by atomic mass is 35.5. The molecule has 0 bridgehead atoms. The molecule has 1 aliphatic heterocycles. The lowest BCUT2D eigenvalue weighted by Gasteiger charge is -2.37. The van der Waals surface area contributed by atoms with Crippen LogP contribution in [0.5, 0.6) is 0 Å². The third-order valence-electron chi connectivity index (χ3n) is 6.95. The van der Waals surface area contributed by atoms with E-state index in [4.69, 9.17) is 11.6 Å². The molecule has 2 aliphatic rings. The maximum absolute atomic E-state index is 12.7. The van der Waals surface area contributed by atoms with Crippen LogP contribution in [0.25, 0.3) is 0 Å². The van der Waals surface area contributed by atoms with Crippen LogP contribution >= 0.6 is 11.6 Å². The van der Waals surface area contributed by atoms with Crippen LogP contribution in [0.3, 0.4) is 0 Å². The molecule has 3 rings (SSSR count). The fourth-order valence-corrected chi connectivity index (χ4v) is 5.34. The third-order valence-corrected chi connectivity index (χ3v) is 7.26. The van der Waals surface area contributed by atoms with Crippen molar-refractivity contribution in [1.82, 2.24) is 9.80 Å². The number of aliphatic carboxylic acids is 1. The van der Waals surface area contributed by atoms with E-state index in [0.717, 1.165) is 25.3 Å². The van der Waals surface area contributed by atoms with Gasteiger partial charge in [0.1, 0.15) is 0 Å². The first kappa shape index (κ1) is 25.6. The zero-order chi connectivity index (χ0) is 24.4. The summed E-state index contributed by atoms with van der Waals surface area (Å²) in [5, 5.41) is 10.5. The van der Waals surface area contributed by atoms with Gasteiger partial charge in [0, 0.05) is 30.7 Å². The van der Waals surface area contributed by atoms with Gasteiger partial charge in [-0.3, -0.25) is 9.69 Å². The summed E-state index contributed by atoms with van der Waals surface area (Å²) >= 11 is 6.52. The Kier molecular flexibility index (Phi) is 7.84. The monoisotopic (exact) mass is 490 g/mol. The molecular weight excluding hydrogens is 461 g/mol. The number of carboxylic acids is 1. The third kappa shape index (κ3) is 5.57. The summed E-state index contributed by atoms with van der Waals surface area (Å²) in [4.78, 5) is 27.7.